The highest BCUT2D eigenvalue weighted by molar-refractivity contribution is 5.77. The Labute approximate surface area is 188 Å². The summed E-state index contributed by atoms with van der Waals surface area (Å²) in [5.41, 5.74) is 2.92. The molecule has 0 aliphatic heterocycles. The molecule has 0 radical (unpaired) electrons. The van der Waals surface area contributed by atoms with Gasteiger partial charge in [0.15, 0.2) is 6.61 Å². The summed E-state index contributed by atoms with van der Waals surface area (Å²) in [5, 5.41) is 11.0. The SMILES string of the molecule is CCOc1ccc(-c2ccc(OCCNC(=O)COc3ccc(C(C)C)cc3)nn2)cc1. The minimum atomic E-state index is -0.210. The molecule has 1 heterocycles. The third kappa shape index (κ3) is 6.97. The van der Waals surface area contributed by atoms with Crippen molar-refractivity contribution < 1.29 is 19.0 Å². The fourth-order valence-corrected chi connectivity index (χ4v) is 2.93. The van der Waals surface area contributed by atoms with Crippen molar-refractivity contribution in [1.82, 2.24) is 15.5 Å². The van der Waals surface area contributed by atoms with Crippen LogP contribution in [0, 0.1) is 0 Å². The second-order valence-corrected chi connectivity index (χ2v) is 7.43. The second kappa shape index (κ2) is 11.7. The number of amides is 1. The standard InChI is InChI=1S/C25H29N3O4/c1-4-30-21-11-7-20(8-12-21)23-13-14-25(28-27-23)31-16-15-26-24(29)17-32-22-9-5-19(6-10-22)18(2)3/h5-14,18H,4,15-17H2,1-3H3,(H,26,29). The third-order valence-electron chi connectivity index (χ3n) is 4.69. The van der Waals surface area contributed by atoms with Crippen LogP contribution in [0.3, 0.4) is 0 Å². The highest BCUT2D eigenvalue weighted by Gasteiger charge is 2.05. The van der Waals surface area contributed by atoms with Gasteiger partial charge in [0.05, 0.1) is 18.8 Å². The first-order valence-corrected chi connectivity index (χ1v) is 10.7. The molecule has 3 rings (SSSR count). The van der Waals surface area contributed by atoms with Crippen molar-refractivity contribution >= 4 is 5.91 Å². The van der Waals surface area contributed by atoms with Gasteiger partial charge >= 0.3 is 0 Å². The molecule has 0 aliphatic rings. The molecule has 3 aromatic rings. The minimum absolute atomic E-state index is 0.0440. The molecule has 0 fully saturated rings. The molecule has 1 N–H and O–H groups in total. The lowest BCUT2D eigenvalue weighted by Crippen LogP contribution is -2.32. The average molecular weight is 436 g/mol. The number of nitrogens with zero attached hydrogens (tertiary/aromatic N) is 2. The van der Waals surface area contributed by atoms with Gasteiger partial charge in [-0.1, -0.05) is 26.0 Å². The fourth-order valence-electron chi connectivity index (χ4n) is 2.93. The normalized spacial score (nSPS) is 10.6. The van der Waals surface area contributed by atoms with Crippen LogP contribution in [-0.4, -0.2) is 42.5 Å². The van der Waals surface area contributed by atoms with E-state index in [1.54, 1.807) is 6.07 Å². The van der Waals surface area contributed by atoms with E-state index >= 15 is 0 Å². The van der Waals surface area contributed by atoms with Crippen LogP contribution in [0.4, 0.5) is 0 Å². The van der Waals surface area contributed by atoms with Crippen molar-refractivity contribution in [3.8, 4) is 28.6 Å². The number of hydrogen-bond acceptors (Lipinski definition) is 6. The topological polar surface area (TPSA) is 82.6 Å². The zero-order valence-corrected chi connectivity index (χ0v) is 18.7. The minimum Gasteiger partial charge on any atom is -0.494 e. The van der Waals surface area contributed by atoms with Crippen LogP contribution in [-0.2, 0) is 4.79 Å². The first-order valence-electron chi connectivity index (χ1n) is 10.7. The molecule has 0 atom stereocenters. The molecule has 0 bridgehead atoms. The number of benzene rings is 2. The van der Waals surface area contributed by atoms with Crippen LogP contribution >= 0.6 is 0 Å². The van der Waals surface area contributed by atoms with Crippen LogP contribution in [0.15, 0.2) is 60.7 Å². The van der Waals surface area contributed by atoms with Gasteiger partial charge in [-0.2, -0.15) is 0 Å². The Kier molecular flexibility index (Phi) is 8.43. The maximum atomic E-state index is 11.9. The monoisotopic (exact) mass is 435 g/mol. The van der Waals surface area contributed by atoms with Crippen molar-refractivity contribution in [2.75, 3.05) is 26.4 Å². The summed E-state index contributed by atoms with van der Waals surface area (Å²) in [7, 11) is 0. The summed E-state index contributed by atoms with van der Waals surface area (Å²) < 4.78 is 16.5. The number of hydrogen-bond donors (Lipinski definition) is 1. The Morgan fingerprint density at radius 1 is 0.875 bits per heavy atom. The fraction of sp³-hybridized carbons (Fsp3) is 0.320. The zero-order valence-electron chi connectivity index (χ0n) is 18.7. The molecule has 1 aromatic heterocycles. The second-order valence-electron chi connectivity index (χ2n) is 7.43. The summed E-state index contributed by atoms with van der Waals surface area (Å²) in [6.07, 6.45) is 0. The molecule has 1 amide bonds. The van der Waals surface area contributed by atoms with Crippen molar-refractivity contribution in [2.24, 2.45) is 0 Å². The van der Waals surface area contributed by atoms with E-state index in [1.807, 2.05) is 61.5 Å². The van der Waals surface area contributed by atoms with Gasteiger partial charge in [0.2, 0.25) is 5.88 Å². The van der Waals surface area contributed by atoms with Crippen molar-refractivity contribution in [3.05, 3.63) is 66.2 Å². The van der Waals surface area contributed by atoms with E-state index in [0.29, 0.717) is 30.7 Å². The Morgan fingerprint density at radius 3 is 2.19 bits per heavy atom. The molecule has 0 unspecified atom stereocenters. The molecule has 2 aromatic carbocycles. The van der Waals surface area contributed by atoms with Gasteiger partial charge in [0, 0.05) is 11.6 Å². The number of ether oxygens (including phenoxy) is 3. The van der Waals surface area contributed by atoms with Gasteiger partial charge < -0.3 is 19.5 Å². The Balaban J connectivity index is 1.36. The Bertz CT molecular complexity index is 972. The lowest BCUT2D eigenvalue weighted by molar-refractivity contribution is -0.123. The summed E-state index contributed by atoms with van der Waals surface area (Å²) >= 11 is 0. The van der Waals surface area contributed by atoms with E-state index in [-0.39, 0.29) is 19.1 Å². The average Bonchev–Trinajstić information content (AvgIpc) is 2.82. The van der Waals surface area contributed by atoms with Crippen molar-refractivity contribution in [1.29, 1.82) is 0 Å². The summed E-state index contributed by atoms with van der Waals surface area (Å²) in [6.45, 7) is 7.43. The molecule has 0 saturated heterocycles. The molecule has 32 heavy (non-hydrogen) atoms. The lowest BCUT2D eigenvalue weighted by Gasteiger charge is -2.10. The van der Waals surface area contributed by atoms with Crippen LogP contribution < -0.4 is 19.5 Å². The maximum absolute atomic E-state index is 11.9. The number of aromatic nitrogens is 2. The molecular weight excluding hydrogens is 406 g/mol. The molecule has 0 saturated carbocycles. The number of rotatable bonds is 11. The Morgan fingerprint density at radius 2 is 1.56 bits per heavy atom. The van der Waals surface area contributed by atoms with Crippen molar-refractivity contribution in [3.63, 3.8) is 0 Å². The molecule has 168 valence electrons. The van der Waals surface area contributed by atoms with E-state index in [1.165, 1.54) is 5.56 Å². The van der Waals surface area contributed by atoms with E-state index in [4.69, 9.17) is 14.2 Å². The van der Waals surface area contributed by atoms with Crippen LogP contribution in [0.5, 0.6) is 17.4 Å². The lowest BCUT2D eigenvalue weighted by atomic mass is 10.0. The summed E-state index contributed by atoms with van der Waals surface area (Å²) in [4.78, 5) is 11.9. The number of carbonyl (C=O) groups is 1. The van der Waals surface area contributed by atoms with Crippen LogP contribution in [0.1, 0.15) is 32.3 Å². The van der Waals surface area contributed by atoms with Gasteiger partial charge in [0.1, 0.15) is 18.1 Å². The van der Waals surface area contributed by atoms with E-state index in [0.717, 1.165) is 17.0 Å². The first-order chi connectivity index (χ1) is 15.5. The predicted octanol–water partition coefficient (Wildman–Crippen LogP) is 4.24. The van der Waals surface area contributed by atoms with E-state index < -0.39 is 0 Å². The number of nitrogens with one attached hydrogen (secondary N) is 1. The summed E-state index contributed by atoms with van der Waals surface area (Å²) in [5.74, 6) is 2.14. The van der Waals surface area contributed by atoms with E-state index in [2.05, 4.69) is 29.4 Å². The van der Waals surface area contributed by atoms with Crippen LogP contribution in [0.2, 0.25) is 0 Å². The van der Waals surface area contributed by atoms with Gasteiger partial charge in [-0.15, -0.1) is 10.2 Å². The van der Waals surface area contributed by atoms with Gasteiger partial charge in [-0.3, -0.25) is 4.79 Å². The number of carbonyl (C=O) groups excluding carboxylic acids is 1. The zero-order chi connectivity index (χ0) is 22.8. The van der Waals surface area contributed by atoms with E-state index in [9.17, 15) is 4.79 Å². The first kappa shape index (κ1) is 23.1. The largest absolute Gasteiger partial charge is 0.494 e. The van der Waals surface area contributed by atoms with Gasteiger partial charge in [-0.25, -0.2) is 0 Å². The molecule has 0 spiro atoms. The predicted molar refractivity (Wildman–Crippen MR) is 123 cm³/mol. The van der Waals surface area contributed by atoms with Crippen molar-refractivity contribution in [2.45, 2.75) is 26.7 Å². The van der Waals surface area contributed by atoms with Crippen LogP contribution in [0.25, 0.3) is 11.3 Å². The summed E-state index contributed by atoms with van der Waals surface area (Å²) in [6, 6.07) is 19.0. The Hall–Kier alpha value is -3.61. The maximum Gasteiger partial charge on any atom is 0.258 e. The van der Waals surface area contributed by atoms with Gasteiger partial charge in [0.25, 0.3) is 5.91 Å². The molecule has 0 aliphatic carbocycles. The third-order valence-corrected chi connectivity index (χ3v) is 4.69. The molecule has 7 heteroatoms. The molecular formula is C25H29N3O4. The smallest absolute Gasteiger partial charge is 0.258 e. The highest BCUT2D eigenvalue weighted by atomic mass is 16.5. The van der Waals surface area contributed by atoms with Gasteiger partial charge in [-0.05, 0) is 60.9 Å². The quantitative estimate of drug-likeness (QED) is 0.454. The highest BCUT2D eigenvalue weighted by Crippen LogP contribution is 2.21. The molecule has 7 nitrogen and oxygen atoms in total.